The van der Waals surface area contributed by atoms with E-state index in [-0.39, 0.29) is 5.56 Å². The fraction of sp³-hybridized carbons (Fsp3) is 0.250. The maximum atomic E-state index is 11.3. The van der Waals surface area contributed by atoms with Gasteiger partial charge in [0.2, 0.25) is 0 Å². The second-order valence-electron chi connectivity index (χ2n) is 4.00. The molecule has 0 amide bonds. The smallest absolute Gasteiger partial charge is 0.336 e. The quantitative estimate of drug-likeness (QED) is 0.829. The van der Waals surface area contributed by atoms with Crippen LogP contribution >= 0.6 is 0 Å². The lowest BCUT2D eigenvalue weighted by Gasteiger charge is -2.09. The zero-order valence-corrected chi connectivity index (χ0v) is 9.90. The molecule has 0 aliphatic rings. The summed E-state index contributed by atoms with van der Waals surface area (Å²) in [5, 5.41) is 16.0. The lowest BCUT2D eigenvalue weighted by Crippen LogP contribution is -2.05. The van der Waals surface area contributed by atoms with Crippen LogP contribution in [0.4, 0.5) is 0 Å². The Bertz CT molecular complexity index is 587. The van der Waals surface area contributed by atoms with E-state index in [9.17, 15) is 9.90 Å². The standard InChI is InChI=1S/C12H13N3O2/c1-6-4-5-7(2)10(12(16)17)9(6)11-13-8(3)14-15-11/h4-5H,1-3H3,(H,16,17)(H,13,14,15). The maximum absolute atomic E-state index is 11.3. The number of aromatic carboxylic acids is 1. The predicted octanol–water partition coefficient (Wildman–Crippen LogP) is 2.10. The molecule has 5 heteroatoms. The molecule has 2 rings (SSSR count). The van der Waals surface area contributed by atoms with Gasteiger partial charge in [0.15, 0.2) is 5.82 Å². The van der Waals surface area contributed by atoms with E-state index in [1.165, 1.54) is 0 Å². The summed E-state index contributed by atoms with van der Waals surface area (Å²) >= 11 is 0. The number of carboxylic acids is 1. The van der Waals surface area contributed by atoms with E-state index in [0.29, 0.717) is 22.8 Å². The molecule has 0 aliphatic carbocycles. The molecule has 88 valence electrons. The van der Waals surface area contributed by atoms with Gasteiger partial charge in [-0.3, -0.25) is 5.10 Å². The van der Waals surface area contributed by atoms with Crippen LogP contribution in [0.1, 0.15) is 27.3 Å². The summed E-state index contributed by atoms with van der Waals surface area (Å²) in [6.45, 7) is 5.40. The number of benzene rings is 1. The van der Waals surface area contributed by atoms with Crippen LogP contribution in [-0.2, 0) is 0 Å². The number of carbonyl (C=O) groups is 1. The first-order valence-corrected chi connectivity index (χ1v) is 5.23. The van der Waals surface area contributed by atoms with Gasteiger partial charge in [0, 0.05) is 5.56 Å². The number of hydrogen-bond donors (Lipinski definition) is 2. The molecule has 0 bridgehead atoms. The third-order valence-corrected chi connectivity index (χ3v) is 2.66. The number of hydrogen-bond acceptors (Lipinski definition) is 3. The van der Waals surface area contributed by atoms with E-state index in [4.69, 9.17) is 0 Å². The number of aryl methyl sites for hydroxylation is 3. The predicted molar refractivity (Wildman–Crippen MR) is 63.0 cm³/mol. The molecule has 0 radical (unpaired) electrons. The maximum Gasteiger partial charge on any atom is 0.336 e. The minimum atomic E-state index is -0.955. The van der Waals surface area contributed by atoms with Gasteiger partial charge in [-0.1, -0.05) is 12.1 Å². The summed E-state index contributed by atoms with van der Waals surface area (Å²) in [7, 11) is 0. The number of nitrogens with zero attached hydrogens (tertiary/aromatic N) is 2. The largest absolute Gasteiger partial charge is 0.478 e. The van der Waals surface area contributed by atoms with Gasteiger partial charge in [-0.05, 0) is 31.9 Å². The molecule has 0 spiro atoms. The summed E-state index contributed by atoms with van der Waals surface area (Å²) < 4.78 is 0. The minimum absolute atomic E-state index is 0.268. The van der Waals surface area contributed by atoms with Crippen molar-refractivity contribution in [3.63, 3.8) is 0 Å². The SMILES string of the molecule is Cc1nc(-c2c(C)ccc(C)c2C(=O)O)n[nH]1. The molecule has 17 heavy (non-hydrogen) atoms. The van der Waals surface area contributed by atoms with Crippen LogP contribution in [0, 0.1) is 20.8 Å². The first kappa shape index (κ1) is 11.3. The van der Waals surface area contributed by atoms with Crippen molar-refractivity contribution in [1.29, 1.82) is 0 Å². The summed E-state index contributed by atoms with van der Waals surface area (Å²) in [6, 6.07) is 3.67. The Labute approximate surface area is 98.5 Å². The fourth-order valence-corrected chi connectivity index (χ4v) is 1.83. The van der Waals surface area contributed by atoms with Crippen LogP contribution < -0.4 is 0 Å². The molecular formula is C12H13N3O2. The van der Waals surface area contributed by atoms with E-state index < -0.39 is 5.97 Å². The molecule has 0 saturated carbocycles. The summed E-state index contributed by atoms with van der Waals surface area (Å²) in [5.41, 5.74) is 2.42. The molecule has 0 unspecified atom stereocenters. The van der Waals surface area contributed by atoms with Gasteiger partial charge in [0.05, 0.1) is 5.56 Å². The molecular weight excluding hydrogens is 218 g/mol. The van der Waals surface area contributed by atoms with Crippen molar-refractivity contribution >= 4 is 5.97 Å². The Balaban J connectivity index is 2.75. The van der Waals surface area contributed by atoms with E-state index in [1.54, 1.807) is 19.9 Å². The molecule has 0 fully saturated rings. The molecule has 1 aromatic heterocycles. The number of aromatic amines is 1. The second kappa shape index (κ2) is 4.01. The number of aromatic nitrogens is 3. The van der Waals surface area contributed by atoms with Crippen molar-refractivity contribution in [3.05, 3.63) is 34.6 Å². The lowest BCUT2D eigenvalue weighted by molar-refractivity contribution is 0.0697. The van der Waals surface area contributed by atoms with Gasteiger partial charge < -0.3 is 5.11 Å². The zero-order chi connectivity index (χ0) is 12.6. The first-order valence-electron chi connectivity index (χ1n) is 5.23. The number of H-pyrrole nitrogens is 1. The second-order valence-corrected chi connectivity index (χ2v) is 4.00. The van der Waals surface area contributed by atoms with E-state index in [0.717, 1.165) is 5.56 Å². The monoisotopic (exact) mass is 231 g/mol. The normalized spacial score (nSPS) is 10.5. The highest BCUT2D eigenvalue weighted by atomic mass is 16.4. The third-order valence-electron chi connectivity index (χ3n) is 2.66. The van der Waals surface area contributed by atoms with Gasteiger partial charge in [0.25, 0.3) is 0 Å². The molecule has 2 aromatic rings. The van der Waals surface area contributed by atoms with Crippen LogP contribution in [-0.4, -0.2) is 26.3 Å². The van der Waals surface area contributed by atoms with Crippen LogP contribution in [0.15, 0.2) is 12.1 Å². The van der Waals surface area contributed by atoms with E-state index in [1.807, 2.05) is 13.0 Å². The van der Waals surface area contributed by atoms with Gasteiger partial charge in [-0.15, -0.1) is 0 Å². The first-order chi connectivity index (χ1) is 8.00. The Morgan fingerprint density at radius 3 is 2.41 bits per heavy atom. The average molecular weight is 231 g/mol. The third kappa shape index (κ3) is 1.91. The fourth-order valence-electron chi connectivity index (χ4n) is 1.83. The number of rotatable bonds is 2. The van der Waals surface area contributed by atoms with Crippen molar-refractivity contribution in [3.8, 4) is 11.4 Å². The Kier molecular flexibility index (Phi) is 2.67. The molecule has 2 N–H and O–H groups in total. The molecule has 1 heterocycles. The Morgan fingerprint density at radius 2 is 1.88 bits per heavy atom. The van der Waals surface area contributed by atoms with Gasteiger partial charge in [-0.2, -0.15) is 5.10 Å². The van der Waals surface area contributed by atoms with Crippen molar-refractivity contribution in [2.45, 2.75) is 20.8 Å². The molecule has 0 aliphatic heterocycles. The highest BCUT2D eigenvalue weighted by molar-refractivity contribution is 5.97. The van der Waals surface area contributed by atoms with Crippen LogP contribution in [0.2, 0.25) is 0 Å². The topological polar surface area (TPSA) is 78.9 Å². The van der Waals surface area contributed by atoms with Gasteiger partial charge >= 0.3 is 5.97 Å². The van der Waals surface area contributed by atoms with Crippen molar-refractivity contribution in [2.24, 2.45) is 0 Å². The molecule has 1 aromatic carbocycles. The highest BCUT2D eigenvalue weighted by Crippen LogP contribution is 2.27. The van der Waals surface area contributed by atoms with Crippen LogP contribution in [0.25, 0.3) is 11.4 Å². The van der Waals surface area contributed by atoms with Crippen molar-refractivity contribution < 1.29 is 9.90 Å². The Morgan fingerprint density at radius 1 is 1.24 bits per heavy atom. The summed E-state index contributed by atoms with van der Waals surface area (Å²) in [5.74, 6) is 0.141. The van der Waals surface area contributed by atoms with Crippen LogP contribution in [0.5, 0.6) is 0 Å². The van der Waals surface area contributed by atoms with Crippen molar-refractivity contribution in [1.82, 2.24) is 15.2 Å². The minimum Gasteiger partial charge on any atom is -0.478 e. The van der Waals surface area contributed by atoms with E-state index >= 15 is 0 Å². The molecule has 0 atom stereocenters. The molecule has 5 nitrogen and oxygen atoms in total. The van der Waals surface area contributed by atoms with Crippen molar-refractivity contribution in [2.75, 3.05) is 0 Å². The van der Waals surface area contributed by atoms with Gasteiger partial charge in [-0.25, -0.2) is 9.78 Å². The van der Waals surface area contributed by atoms with E-state index in [2.05, 4.69) is 15.2 Å². The zero-order valence-electron chi connectivity index (χ0n) is 9.90. The lowest BCUT2D eigenvalue weighted by atomic mass is 9.97. The van der Waals surface area contributed by atoms with Gasteiger partial charge in [0.1, 0.15) is 5.82 Å². The molecule has 0 saturated heterocycles. The number of nitrogens with one attached hydrogen (secondary N) is 1. The summed E-state index contributed by atoms with van der Waals surface area (Å²) in [6.07, 6.45) is 0. The summed E-state index contributed by atoms with van der Waals surface area (Å²) in [4.78, 5) is 15.5. The number of carboxylic acid groups (broad SMARTS) is 1. The average Bonchev–Trinajstić information content (AvgIpc) is 2.67. The highest BCUT2D eigenvalue weighted by Gasteiger charge is 2.19. The Hall–Kier alpha value is -2.17. The van der Waals surface area contributed by atoms with Crippen LogP contribution in [0.3, 0.4) is 0 Å².